The normalized spacial score (nSPS) is 25.5. The van der Waals surface area contributed by atoms with E-state index in [9.17, 15) is 20.1 Å². The van der Waals surface area contributed by atoms with Gasteiger partial charge in [-0.1, -0.05) is 56.4 Å². The standard InChI is InChI=1S/C26H42O5/c1-4-6-7-12-18-26(30,17-5-2)19-13-15-22-21(23(27)20-24(22)28)14-10-8-9-11-16-25(29)31-3/h8,10,13,15,21-24,27-28,30H,4,6-7,9,11-12,14,16,18-20H2,1-3H3/b10-8-,15-13+/t21-,22-,23-,24-,26?/m1/s1. The second-order valence-corrected chi connectivity index (χ2v) is 8.64. The molecule has 5 atom stereocenters. The van der Waals surface area contributed by atoms with Crippen molar-refractivity contribution in [2.75, 3.05) is 7.11 Å². The van der Waals surface area contributed by atoms with Crippen LogP contribution in [0.2, 0.25) is 0 Å². The van der Waals surface area contributed by atoms with Crippen molar-refractivity contribution < 1.29 is 24.9 Å². The van der Waals surface area contributed by atoms with Crippen molar-refractivity contribution in [1.29, 1.82) is 0 Å². The number of rotatable bonds is 14. The summed E-state index contributed by atoms with van der Waals surface area (Å²) in [7, 11) is 1.39. The maximum absolute atomic E-state index is 11.1. The molecule has 1 fully saturated rings. The average molecular weight is 435 g/mol. The summed E-state index contributed by atoms with van der Waals surface area (Å²) < 4.78 is 4.63. The Hall–Kier alpha value is -1.61. The molecule has 0 aromatic heterocycles. The van der Waals surface area contributed by atoms with Crippen LogP contribution in [-0.2, 0) is 9.53 Å². The predicted molar refractivity (Wildman–Crippen MR) is 124 cm³/mol. The van der Waals surface area contributed by atoms with Gasteiger partial charge in [0.15, 0.2) is 0 Å². The fraction of sp³-hybridized carbons (Fsp3) is 0.731. The lowest BCUT2D eigenvalue weighted by atomic mass is 9.88. The highest BCUT2D eigenvalue weighted by Gasteiger charge is 2.39. The Labute approximate surface area is 188 Å². The van der Waals surface area contributed by atoms with Crippen LogP contribution in [0.4, 0.5) is 0 Å². The van der Waals surface area contributed by atoms with E-state index in [0.29, 0.717) is 32.1 Å². The van der Waals surface area contributed by atoms with Gasteiger partial charge in [0.05, 0.1) is 19.3 Å². The van der Waals surface area contributed by atoms with Crippen LogP contribution in [0.1, 0.15) is 84.5 Å². The van der Waals surface area contributed by atoms with Crippen molar-refractivity contribution in [3.05, 3.63) is 24.3 Å². The van der Waals surface area contributed by atoms with Crippen molar-refractivity contribution in [2.45, 2.75) is 102 Å². The predicted octanol–water partition coefficient (Wildman–Crippen LogP) is 4.31. The Morgan fingerprint density at radius 1 is 1.13 bits per heavy atom. The number of esters is 1. The third kappa shape index (κ3) is 10.5. The number of carbonyl (C=O) groups excluding carboxylic acids is 1. The quantitative estimate of drug-likeness (QED) is 0.164. The summed E-state index contributed by atoms with van der Waals surface area (Å²) in [6, 6.07) is 0. The molecule has 3 N–H and O–H groups in total. The monoisotopic (exact) mass is 434 g/mol. The van der Waals surface area contributed by atoms with E-state index < -0.39 is 17.8 Å². The molecule has 0 bridgehead atoms. The molecule has 0 aliphatic heterocycles. The largest absolute Gasteiger partial charge is 0.469 e. The second kappa shape index (κ2) is 15.2. The number of carbonyl (C=O) groups is 1. The third-order valence-corrected chi connectivity index (χ3v) is 6.09. The number of hydrogen-bond acceptors (Lipinski definition) is 5. The first kappa shape index (κ1) is 27.4. The molecule has 0 amide bonds. The highest BCUT2D eigenvalue weighted by molar-refractivity contribution is 5.69. The fourth-order valence-corrected chi connectivity index (χ4v) is 4.26. The van der Waals surface area contributed by atoms with Gasteiger partial charge in [-0.25, -0.2) is 0 Å². The van der Waals surface area contributed by atoms with E-state index in [1.807, 2.05) is 24.3 Å². The molecule has 176 valence electrons. The van der Waals surface area contributed by atoms with Gasteiger partial charge in [-0.3, -0.25) is 4.79 Å². The second-order valence-electron chi connectivity index (χ2n) is 8.64. The number of allylic oxidation sites excluding steroid dienone is 2. The first-order valence-corrected chi connectivity index (χ1v) is 11.8. The molecule has 0 aromatic carbocycles. The molecule has 1 aliphatic carbocycles. The lowest BCUT2D eigenvalue weighted by Crippen LogP contribution is -2.26. The van der Waals surface area contributed by atoms with E-state index >= 15 is 0 Å². The maximum Gasteiger partial charge on any atom is 0.305 e. The van der Waals surface area contributed by atoms with Crippen LogP contribution in [0, 0.1) is 23.7 Å². The molecule has 1 saturated carbocycles. The summed E-state index contributed by atoms with van der Waals surface area (Å²) in [4.78, 5) is 11.1. The Balaban J connectivity index is 2.60. The van der Waals surface area contributed by atoms with Gasteiger partial charge in [0.25, 0.3) is 0 Å². The molecule has 0 radical (unpaired) electrons. The number of methoxy groups -OCH3 is 1. The Morgan fingerprint density at radius 2 is 1.90 bits per heavy atom. The van der Waals surface area contributed by atoms with Gasteiger partial charge in [-0.05, 0) is 44.9 Å². The maximum atomic E-state index is 11.1. The van der Waals surface area contributed by atoms with E-state index in [1.165, 1.54) is 7.11 Å². The lowest BCUT2D eigenvalue weighted by Gasteiger charge is -2.22. The van der Waals surface area contributed by atoms with Gasteiger partial charge in [-0.2, -0.15) is 0 Å². The molecule has 5 heteroatoms. The first-order chi connectivity index (χ1) is 14.9. The smallest absolute Gasteiger partial charge is 0.305 e. The zero-order chi connectivity index (χ0) is 23.1. The van der Waals surface area contributed by atoms with Crippen LogP contribution in [0.15, 0.2) is 24.3 Å². The average Bonchev–Trinajstić information content (AvgIpc) is 3.00. The Morgan fingerprint density at radius 3 is 2.58 bits per heavy atom. The van der Waals surface area contributed by atoms with Gasteiger partial charge in [0.1, 0.15) is 5.60 Å². The molecule has 1 unspecified atom stereocenters. The van der Waals surface area contributed by atoms with E-state index in [4.69, 9.17) is 0 Å². The third-order valence-electron chi connectivity index (χ3n) is 6.09. The van der Waals surface area contributed by atoms with Gasteiger partial charge in [0, 0.05) is 25.2 Å². The molecule has 0 aromatic rings. The molecule has 1 aliphatic rings. The number of aliphatic hydroxyl groups excluding tert-OH is 2. The van der Waals surface area contributed by atoms with E-state index in [-0.39, 0.29) is 17.8 Å². The molecule has 0 heterocycles. The van der Waals surface area contributed by atoms with Crippen LogP contribution >= 0.6 is 0 Å². The molecular formula is C26H42O5. The summed E-state index contributed by atoms with van der Waals surface area (Å²) in [6.45, 7) is 3.90. The Kier molecular flexibility index (Phi) is 13.5. The Bertz CT molecular complexity index is 629. The molecule has 31 heavy (non-hydrogen) atoms. The molecular weight excluding hydrogens is 392 g/mol. The summed E-state index contributed by atoms with van der Waals surface area (Å²) in [5.41, 5.74) is -1.03. The lowest BCUT2D eigenvalue weighted by molar-refractivity contribution is -0.140. The minimum Gasteiger partial charge on any atom is -0.469 e. The van der Waals surface area contributed by atoms with E-state index in [0.717, 1.165) is 38.5 Å². The van der Waals surface area contributed by atoms with Gasteiger partial charge >= 0.3 is 5.97 Å². The topological polar surface area (TPSA) is 87.0 Å². The van der Waals surface area contributed by atoms with Gasteiger partial charge in [0.2, 0.25) is 0 Å². The van der Waals surface area contributed by atoms with Crippen molar-refractivity contribution in [2.24, 2.45) is 11.8 Å². The SMILES string of the molecule is CC#CC(O)(C/C=C/[C@@H]1[C@@H](C/C=C\CCCC(=O)OC)[C@H](O)C[C@H]1O)CCCCCC. The number of unbranched alkanes of at least 4 members (excludes halogenated alkanes) is 4. The summed E-state index contributed by atoms with van der Waals surface area (Å²) in [5.74, 6) is 5.40. The number of aliphatic hydroxyl groups is 3. The minimum atomic E-state index is -1.03. The van der Waals surface area contributed by atoms with Crippen LogP contribution < -0.4 is 0 Å². The van der Waals surface area contributed by atoms with Crippen LogP contribution in [0.5, 0.6) is 0 Å². The fourth-order valence-electron chi connectivity index (χ4n) is 4.26. The number of ether oxygens (including phenoxy) is 1. The van der Waals surface area contributed by atoms with Gasteiger partial charge in [-0.15, -0.1) is 5.92 Å². The van der Waals surface area contributed by atoms with Crippen molar-refractivity contribution in [3.63, 3.8) is 0 Å². The van der Waals surface area contributed by atoms with E-state index in [2.05, 4.69) is 23.5 Å². The number of hydrogen-bond donors (Lipinski definition) is 3. The summed E-state index contributed by atoms with van der Waals surface area (Å²) in [5, 5.41) is 31.7. The van der Waals surface area contributed by atoms with Crippen molar-refractivity contribution in [3.8, 4) is 11.8 Å². The highest BCUT2D eigenvalue weighted by Crippen LogP contribution is 2.36. The summed E-state index contributed by atoms with van der Waals surface area (Å²) >= 11 is 0. The van der Waals surface area contributed by atoms with E-state index in [1.54, 1.807) is 6.92 Å². The molecule has 0 saturated heterocycles. The minimum absolute atomic E-state index is 0.0574. The molecule has 1 rings (SSSR count). The van der Waals surface area contributed by atoms with Crippen LogP contribution in [0.25, 0.3) is 0 Å². The van der Waals surface area contributed by atoms with Crippen molar-refractivity contribution >= 4 is 5.97 Å². The van der Waals surface area contributed by atoms with Gasteiger partial charge < -0.3 is 20.1 Å². The zero-order valence-electron chi connectivity index (χ0n) is 19.6. The summed E-state index contributed by atoms with van der Waals surface area (Å²) in [6.07, 6.45) is 15.2. The molecule has 0 spiro atoms. The van der Waals surface area contributed by atoms with Crippen LogP contribution in [-0.4, -0.2) is 46.2 Å². The highest BCUT2D eigenvalue weighted by atomic mass is 16.5. The molecule has 5 nitrogen and oxygen atoms in total. The first-order valence-electron chi connectivity index (χ1n) is 11.8. The van der Waals surface area contributed by atoms with Crippen LogP contribution in [0.3, 0.4) is 0 Å². The van der Waals surface area contributed by atoms with Crippen molar-refractivity contribution in [1.82, 2.24) is 0 Å². The zero-order valence-corrected chi connectivity index (χ0v) is 19.6.